The van der Waals surface area contributed by atoms with Gasteiger partial charge in [-0.1, -0.05) is 6.08 Å². The van der Waals surface area contributed by atoms with Gasteiger partial charge in [0.25, 0.3) is 0 Å². The van der Waals surface area contributed by atoms with Gasteiger partial charge in [-0.2, -0.15) is 0 Å². The molecule has 0 saturated heterocycles. The van der Waals surface area contributed by atoms with E-state index in [1.54, 1.807) is 13.0 Å². The van der Waals surface area contributed by atoms with E-state index in [-0.39, 0.29) is 11.6 Å². The zero-order valence-electron chi connectivity index (χ0n) is 8.77. The minimum absolute atomic E-state index is 0.0554. The number of aromatic nitrogens is 1. The second-order valence-electron chi connectivity index (χ2n) is 2.97. The monoisotopic (exact) mass is 240 g/mol. The van der Waals surface area contributed by atoms with Crippen molar-refractivity contribution in [1.29, 1.82) is 0 Å². The molecule has 2 N–H and O–H groups in total. The number of amides is 1. The molecule has 1 aromatic heterocycles. The van der Waals surface area contributed by atoms with E-state index in [4.69, 9.17) is 5.11 Å². The summed E-state index contributed by atoms with van der Waals surface area (Å²) >= 11 is 1.28. The maximum absolute atomic E-state index is 11.0. The van der Waals surface area contributed by atoms with Crippen molar-refractivity contribution >= 4 is 23.2 Å². The van der Waals surface area contributed by atoms with Crippen LogP contribution in [-0.2, 0) is 11.2 Å². The first-order chi connectivity index (χ1) is 7.63. The Balaban J connectivity index is 2.37. The van der Waals surface area contributed by atoms with E-state index in [1.165, 1.54) is 22.8 Å². The minimum Gasteiger partial charge on any atom is -0.476 e. The van der Waals surface area contributed by atoms with Gasteiger partial charge in [-0.15, -0.1) is 11.3 Å². The van der Waals surface area contributed by atoms with Crippen molar-refractivity contribution in [3.05, 3.63) is 28.2 Å². The smallest absolute Gasteiger partial charge is 0.355 e. The summed E-state index contributed by atoms with van der Waals surface area (Å²) in [6.45, 7) is 2.22. The van der Waals surface area contributed by atoms with Crippen LogP contribution in [0, 0.1) is 0 Å². The van der Waals surface area contributed by atoms with Crippen LogP contribution in [0.1, 0.15) is 22.4 Å². The topological polar surface area (TPSA) is 79.3 Å². The highest BCUT2D eigenvalue weighted by Crippen LogP contribution is 2.09. The van der Waals surface area contributed by atoms with E-state index < -0.39 is 5.97 Å². The lowest BCUT2D eigenvalue weighted by Gasteiger charge is -1.98. The zero-order chi connectivity index (χ0) is 12.0. The lowest BCUT2D eigenvalue weighted by molar-refractivity contribution is -0.116. The summed E-state index contributed by atoms with van der Waals surface area (Å²) in [4.78, 5) is 25.5. The zero-order valence-corrected chi connectivity index (χ0v) is 9.58. The molecular weight excluding hydrogens is 228 g/mol. The molecule has 0 saturated carbocycles. The summed E-state index contributed by atoms with van der Waals surface area (Å²) in [6.07, 6.45) is 3.63. The second kappa shape index (κ2) is 6.02. The molecule has 1 heterocycles. The first-order valence-corrected chi connectivity index (χ1v) is 5.59. The normalized spacial score (nSPS) is 10.6. The molecule has 0 fully saturated rings. The van der Waals surface area contributed by atoms with Crippen molar-refractivity contribution < 1.29 is 14.7 Å². The molecule has 5 nitrogen and oxygen atoms in total. The van der Waals surface area contributed by atoms with E-state index in [0.29, 0.717) is 18.0 Å². The van der Waals surface area contributed by atoms with E-state index in [0.717, 1.165) is 0 Å². The maximum atomic E-state index is 11.0. The number of hydrogen-bond acceptors (Lipinski definition) is 4. The predicted molar refractivity (Wildman–Crippen MR) is 60.6 cm³/mol. The first-order valence-electron chi connectivity index (χ1n) is 4.71. The Morgan fingerprint density at radius 1 is 1.62 bits per heavy atom. The number of carboxylic acids is 1. The molecular formula is C10H12N2O3S. The largest absolute Gasteiger partial charge is 0.476 e. The van der Waals surface area contributed by atoms with Crippen LogP contribution in [0.2, 0.25) is 0 Å². The van der Waals surface area contributed by atoms with Gasteiger partial charge in [0, 0.05) is 18.3 Å². The van der Waals surface area contributed by atoms with E-state index in [2.05, 4.69) is 10.3 Å². The van der Waals surface area contributed by atoms with Gasteiger partial charge in [-0.25, -0.2) is 9.78 Å². The van der Waals surface area contributed by atoms with E-state index >= 15 is 0 Å². The van der Waals surface area contributed by atoms with Crippen LogP contribution < -0.4 is 5.32 Å². The molecule has 1 amide bonds. The van der Waals surface area contributed by atoms with Crippen molar-refractivity contribution in [2.75, 3.05) is 6.54 Å². The number of carbonyl (C=O) groups is 2. The van der Waals surface area contributed by atoms with E-state index in [9.17, 15) is 9.59 Å². The summed E-state index contributed by atoms with van der Waals surface area (Å²) in [7, 11) is 0. The lowest BCUT2D eigenvalue weighted by atomic mass is 10.4. The number of thiazole rings is 1. The highest BCUT2D eigenvalue weighted by atomic mass is 32.1. The summed E-state index contributed by atoms with van der Waals surface area (Å²) < 4.78 is 0. The Morgan fingerprint density at radius 2 is 2.38 bits per heavy atom. The van der Waals surface area contributed by atoms with Crippen LogP contribution in [0.5, 0.6) is 0 Å². The number of allylic oxidation sites excluding steroid dienone is 1. The van der Waals surface area contributed by atoms with Crippen LogP contribution in [0.25, 0.3) is 0 Å². The molecule has 0 radical (unpaired) electrons. The van der Waals surface area contributed by atoms with Gasteiger partial charge in [-0.05, 0) is 13.0 Å². The average molecular weight is 240 g/mol. The molecule has 0 unspecified atom stereocenters. The predicted octanol–water partition coefficient (Wildman–Crippen LogP) is 1.08. The Kier molecular flexibility index (Phi) is 4.65. The molecule has 0 aliphatic rings. The number of hydrogen-bond donors (Lipinski definition) is 2. The summed E-state index contributed by atoms with van der Waals surface area (Å²) in [5.41, 5.74) is 0.0554. The molecule has 1 aromatic rings. The SMILES string of the molecule is CC=CC(=O)NCCc1nc(C(=O)O)cs1. The number of nitrogens with one attached hydrogen (secondary N) is 1. The van der Waals surface area contributed by atoms with Crippen molar-refractivity contribution in [3.63, 3.8) is 0 Å². The number of carbonyl (C=O) groups excluding carboxylic acids is 1. The molecule has 0 aromatic carbocycles. The fourth-order valence-corrected chi connectivity index (χ4v) is 1.80. The van der Waals surface area contributed by atoms with Gasteiger partial charge in [0.15, 0.2) is 5.69 Å². The standard InChI is InChI=1S/C10H12N2O3S/c1-2-3-8(13)11-5-4-9-12-7(6-16-9)10(14)15/h2-3,6H,4-5H2,1H3,(H,11,13)(H,14,15). The number of carboxylic acid groups (broad SMARTS) is 1. The number of rotatable bonds is 5. The Labute approximate surface area is 96.8 Å². The van der Waals surface area contributed by atoms with Crippen LogP contribution in [0.4, 0.5) is 0 Å². The minimum atomic E-state index is -1.03. The van der Waals surface area contributed by atoms with Crippen LogP contribution in [0.3, 0.4) is 0 Å². The third kappa shape index (κ3) is 3.82. The molecule has 1 rings (SSSR count). The summed E-state index contributed by atoms with van der Waals surface area (Å²) in [5, 5.41) is 13.5. The van der Waals surface area contributed by atoms with Gasteiger partial charge in [0.1, 0.15) is 0 Å². The highest BCUT2D eigenvalue weighted by molar-refractivity contribution is 7.09. The van der Waals surface area contributed by atoms with Crippen molar-refractivity contribution in [3.8, 4) is 0 Å². The quantitative estimate of drug-likeness (QED) is 0.755. The highest BCUT2D eigenvalue weighted by Gasteiger charge is 2.08. The van der Waals surface area contributed by atoms with Crippen LogP contribution in [0.15, 0.2) is 17.5 Å². The lowest BCUT2D eigenvalue weighted by Crippen LogP contribution is -2.23. The first kappa shape index (κ1) is 12.4. The molecule has 6 heteroatoms. The molecule has 0 aliphatic heterocycles. The Hall–Kier alpha value is -1.69. The molecule has 16 heavy (non-hydrogen) atoms. The average Bonchev–Trinajstić information content (AvgIpc) is 2.67. The summed E-state index contributed by atoms with van der Waals surface area (Å²) in [6, 6.07) is 0. The van der Waals surface area contributed by atoms with Crippen molar-refractivity contribution in [2.24, 2.45) is 0 Å². The molecule has 86 valence electrons. The molecule has 0 atom stereocenters. The van der Waals surface area contributed by atoms with Crippen molar-refractivity contribution in [1.82, 2.24) is 10.3 Å². The number of aromatic carboxylic acids is 1. The molecule has 0 spiro atoms. The fourth-order valence-electron chi connectivity index (χ4n) is 1.03. The third-order valence-corrected chi connectivity index (χ3v) is 2.64. The van der Waals surface area contributed by atoms with Gasteiger partial charge in [0.2, 0.25) is 5.91 Å². The van der Waals surface area contributed by atoms with Crippen molar-refractivity contribution in [2.45, 2.75) is 13.3 Å². The van der Waals surface area contributed by atoms with Gasteiger partial charge < -0.3 is 10.4 Å². The Bertz CT molecular complexity index is 412. The van der Waals surface area contributed by atoms with E-state index in [1.807, 2.05) is 0 Å². The fraction of sp³-hybridized carbons (Fsp3) is 0.300. The molecule has 0 bridgehead atoms. The number of nitrogens with zero attached hydrogens (tertiary/aromatic N) is 1. The summed E-state index contributed by atoms with van der Waals surface area (Å²) in [5.74, 6) is -1.18. The van der Waals surface area contributed by atoms with Gasteiger partial charge in [0.05, 0.1) is 5.01 Å². The Morgan fingerprint density at radius 3 is 2.94 bits per heavy atom. The van der Waals surface area contributed by atoms with Gasteiger partial charge in [-0.3, -0.25) is 4.79 Å². The maximum Gasteiger partial charge on any atom is 0.355 e. The van der Waals surface area contributed by atoms with Crippen LogP contribution in [-0.4, -0.2) is 28.5 Å². The second-order valence-corrected chi connectivity index (χ2v) is 3.92. The molecule has 0 aliphatic carbocycles. The van der Waals surface area contributed by atoms with Crippen LogP contribution >= 0.6 is 11.3 Å². The third-order valence-electron chi connectivity index (χ3n) is 1.73. The van der Waals surface area contributed by atoms with Gasteiger partial charge >= 0.3 is 5.97 Å².